The molecule has 2 unspecified atom stereocenters. The molecule has 0 aliphatic heterocycles. The summed E-state index contributed by atoms with van der Waals surface area (Å²) in [6, 6.07) is 30.6. The average Bonchev–Trinajstić information content (AvgIpc) is 2.95. The number of methoxy groups -OCH3 is 1. The first kappa shape index (κ1) is 28.7. The number of nitrogens with zero attached hydrogens (tertiary/aromatic N) is 1. The van der Waals surface area contributed by atoms with E-state index in [9.17, 15) is 4.39 Å². The van der Waals surface area contributed by atoms with Crippen LogP contribution < -0.4 is 10.0 Å². The first-order valence-corrected chi connectivity index (χ1v) is 14.3. The van der Waals surface area contributed by atoms with Gasteiger partial charge in [-0.1, -0.05) is 101 Å². The summed E-state index contributed by atoms with van der Waals surface area (Å²) < 4.78 is 25.9. The van der Waals surface area contributed by atoms with E-state index in [2.05, 4.69) is 79.5 Å². The fourth-order valence-electron chi connectivity index (χ4n) is 4.87. The molecule has 3 nitrogen and oxygen atoms in total. The van der Waals surface area contributed by atoms with E-state index < -0.39 is 0 Å². The minimum atomic E-state index is -0.255. The zero-order valence-corrected chi connectivity index (χ0v) is 24.2. The van der Waals surface area contributed by atoms with Gasteiger partial charge in [-0.3, -0.25) is 4.99 Å². The molecule has 0 aliphatic rings. The fourth-order valence-corrected chi connectivity index (χ4v) is 6.41. The highest BCUT2D eigenvalue weighted by Crippen LogP contribution is 2.49. The Morgan fingerprint density at radius 1 is 0.872 bits per heavy atom. The lowest BCUT2D eigenvalue weighted by Gasteiger charge is -2.33. The summed E-state index contributed by atoms with van der Waals surface area (Å²) >= 11 is 0. The van der Waals surface area contributed by atoms with Crippen LogP contribution in [0.15, 0.2) is 96.0 Å². The zero-order valence-electron chi connectivity index (χ0n) is 23.2. The van der Waals surface area contributed by atoms with Crippen molar-refractivity contribution in [3.05, 3.63) is 130 Å². The third-order valence-corrected chi connectivity index (χ3v) is 8.93. The van der Waals surface area contributed by atoms with E-state index in [0.717, 1.165) is 47.0 Å². The van der Waals surface area contributed by atoms with Crippen molar-refractivity contribution < 1.29 is 13.9 Å². The lowest BCUT2D eigenvalue weighted by atomic mass is 9.88. The number of hydrogen-bond donors (Lipinski definition) is 0. The Kier molecular flexibility index (Phi) is 10.0. The molecule has 0 saturated carbocycles. The molecule has 39 heavy (non-hydrogen) atoms. The van der Waals surface area contributed by atoms with Gasteiger partial charge in [-0.15, -0.1) is 0 Å². The summed E-state index contributed by atoms with van der Waals surface area (Å²) in [5.41, 5.74) is 6.85. The third-order valence-electron chi connectivity index (χ3n) is 7.03. The van der Waals surface area contributed by atoms with Crippen molar-refractivity contribution in [1.82, 2.24) is 0 Å². The highest BCUT2D eigenvalue weighted by atomic mass is 31.1. The number of halogens is 1. The van der Waals surface area contributed by atoms with Crippen LogP contribution in [0.3, 0.4) is 0 Å². The molecular formula is C34H37FNO2P. The Bertz CT molecular complexity index is 1390. The smallest absolute Gasteiger partial charge is 0.188 e. The average molecular weight is 542 g/mol. The molecule has 2 atom stereocenters. The van der Waals surface area contributed by atoms with Crippen LogP contribution in [0.4, 0.5) is 4.39 Å². The van der Waals surface area contributed by atoms with Crippen molar-refractivity contribution in [2.45, 2.75) is 38.3 Å². The van der Waals surface area contributed by atoms with Crippen molar-refractivity contribution in [3.8, 4) is 5.75 Å². The van der Waals surface area contributed by atoms with Crippen LogP contribution in [-0.2, 0) is 22.7 Å². The van der Waals surface area contributed by atoms with Crippen LogP contribution in [0.5, 0.6) is 5.75 Å². The van der Waals surface area contributed by atoms with Crippen LogP contribution in [0.1, 0.15) is 53.6 Å². The minimum Gasteiger partial charge on any atom is -0.467 e. The van der Waals surface area contributed by atoms with Gasteiger partial charge in [0.1, 0.15) is 11.6 Å². The van der Waals surface area contributed by atoms with Gasteiger partial charge in [-0.05, 0) is 52.5 Å². The Hall–Kier alpha value is -3.33. The van der Waals surface area contributed by atoms with Crippen molar-refractivity contribution in [3.63, 3.8) is 0 Å². The van der Waals surface area contributed by atoms with E-state index in [1.165, 1.54) is 16.7 Å². The molecule has 0 fully saturated rings. The normalized spacial score (nSPS) is 13.3. The van der Waals surface area contributed by atoms with Crippen molar-refractivity contribution >= 4 is 20.1 Å². The number of rotatable bonds is 12. The maximum Gasteiger partial charge on any atom is 0.188 e. The standard InChI is InChI=1S/C34H37FNO2P/c1-5-34(2,39-32-17-16-30(35)22-29(32)23-36-3)31-21-27(18-25-12-8-6-9-13-25)20-28(33(31)38-24-37-4)19-26-14-10-7-11-15-26/h6-17,20-23,39H,5,18-19,24H2,1-4H3. The van der Waals surface area contributed by atoms with E-state index >= 15 is 0 Å². The largest absolute Gasteiger partial charge is 0.467 e. The molecule has 0 amide bonds. The highest BCUT2D eigenvalue weighted by Gasteiger charge is 2.31. The van der Waals surface area contributed by atoms with Gasteiger partial charge in [0, 0.05) is 43.1 Å². The molecule has 5 heteroatoms. The van der Waals surface area contributed by atoms with Crippen LogP contribution >= 0.6 is 8.58 Å². The summed E-state index contributed by atoms with van der Waals surface area (Å²) in [5, 5.41) is 0.831. The Labute approximate surface area is 233 Å². The second-order valence-corrected chi connectivity index (χ2v) is 11.8. The van der Waals surface area contributed by atoms with Gasteiger partial charge in [0.2, 0.25) is 0 Å². The van der Waals surface area contributed by atoms with Gasteiger partial charge < -0.3 is 9.47 Å². The van der Waals surface area contributed by atoms with Crippen LogP contribution in [-0.4, -0.2) is 27.2 Å². The molecule has 0 saturated heterocycles. The number of hydrogen-bond acceptors (Lipinski definition) is 3. The molecular weight excluding hydrogens is 504 g/mol. The molecule has 0 spiro atoms. The van der Waals surface area contributed by atoms with E-state index in [1.807, 2.05) is 18.2 Å². The van der Waals surface area contributed by atoms with Crippen LogP contribution in [0.2, 0.25) is 0 Å². The minimum absolute atomic E-state index is 0.167. The summed E-state index contributed by atoms with van der Waals surface area (Å²) in [7, 11) is 3.75. The molecule has 0 aliphatic carbocycles. The molecule has 0 bridgehead atoms. The number of benzene rings is 4. The first-order chi connectivity index (χ1) is 19.0. The molecule has 0 heterocycles. The van der Waals surface area contributed by atoms with Gasteiger partial charge in [0.15, 0.2) is 6.79 Å². The lowest BCUT2D eigenvalue weighted by Crippen LogP contribution is -2.22. The Morgan fingerprint density at radius 3 is 2.15 bits per heavy atom. The second kappa shape index (κ2) is 13.6. The number of ether oxygens (including phenoxy) is 2. The summed E-state index contributed by atoms with van der Waals surface area (Å²) in [6.45, 7) is 4.67. The topological polar surface area (TPSA) is 30.8 Å². The van der Waals surface area contributed by atoms with Crippen LogP contribution in [0, 0.1) is 5.82 Å². The van der Waals surface area contributed by atoms with Gasteiger partial charge in [-0.25, -0.2) is 4.39 Å². The summed E-state index contributed by atoms with van der Waals surface area (Å²) in [4.78, 5) is 4.19. The summed E-state index contributed by atoms with van der Waals surface area (Å²) in [5.74, 6) is 0.623. The van der Waals surface area contributed by atoms with Crippen LogP contribution in [0.25, 0.3) is 0 Å². The van der Waals surface area contributed by atoms with Gasteiger partial charge in [0.05, 0.1) is 0 Å². The van der Waals surface area contributed by atoms with Crippen molar-refractivity contribution in [2.24, 2.45) is 4.99 Å². The Balaban J connectivity index is 1.87. The zero-order chi connectivity index (χ0) is 27.7. The van der Waals surface area contributed by atoms with Gasteiger partial charge in [0.25, 0.3) is 0 Å². The van der Waals surface area contributed by atoms with Crippen molar-refractivity contribution in [2.75, 3.05) is 21.0 Å². The maximum absolute atomic E-state index is 14.1. The monoisotopic (exact) mass is 541 g/mol. The maximum atomic E-state index is 14.1. The quantitative estimate of drug-likeness (QED) is 0.105. The van der Waals surface area contributed by atoms with E-state index in [0.29, 0.717) is 8.58 Å². The van der Waals surface area contributed by atoms with Gasteiger partial charge in [-0.2, -0.15) is 0 Å². The summed E-state index contributed by atoms with van der Waals surface area (Å²) in [6.07, 6.45) is 4.21. The van der Waals surface area contributed by atoms with Crippen molar-refractivity contribution in [1.29, 1.82) is 0 Å². The molecule has 4 rings (SSSR count). The molecule has 0 aromatic heterocycles. The highest BCUT2D eigenvalue weighted by molar-refractivity contribution is 7.48. The molecule has 202 valence electrons. The van der Waals surface area contributed by atoms with Gasteiger partial charge >= 0.3 is 0 Å². The SMILES string of the molecule is CCC(C)(Pc1ccc(F)cc1C=NC)c1cc(Cc2ccccc2)cc(Cc2ccccc2)c1OCOC. The molecule has 0 radical (unpaired) electrons. The predicted molar refractivity (Wildman–Crippen MR) is 163 cm³/mol. The Morgan fingerprint density at radius 2 is 1.54 bits per heavy atom. The fraction of sp³-hybridized carbons (Fsp3) is 0.265. The number of aliphatic imine (C=N–C) groups is 1. The lowest BCUT2D eigenvalue weighted by molar-refractivity contribution is 0.0494. The van der Waals surface area contributed by atoms with E-state index in [-0.39, 0.29) is 17.8 Å². The predicted octanol–water partition coefficient (Wildman–Crippen LogP) is 7.67. The molecule has 0 N–H and O–H groups in total. The molecule has 4 aromatic carbocycles. The first-order valence-electron chi connectivity index (χ1n) is 13.3. The van der Waals surface area contributed by atoms with E-state index in [1.54, 1.807) is 32.5 Å². The second-order valence-electron chi connectivity index (χ2n) is 9.94. The molecule has 4 aromatic rings. The van der Waals surface area contributed by atoms with E-state index in [4.69, 9.17) is 9.47 Å². The third kappa shape index (κ3) is 7.41.